The maximum absolute atomic E-state index is 11.7. The predicted octanol–water partition coefficient (Wildman–Crippen LogP) is 2.07. The van der Waals surface area contributed by atoms with Gasteiger partial charge in [-0.05, 0) is 12.5 Å². The van der Waals surface area contributed by atoms with Crippen molar-refractivity contribution in [2.75, 3.05) is 5.32 Å². The second kappa shape index (κ2) is 4.89. The highest BCUT2D eigenvalue weighted by Gasteiger charge is 2.11. The van der Waals surface area contributed by atoms with Gasteiger partial charge in [0.2, 0.25) is 0 Å². The fourth-order valence-corrected chi connectivity index (χ4v) is 1.85. The van der Waals surface area contributed by atoms with Gasteiger partial charge in [0.05, 0.1) is 0 Å². The van der Waals surface area contributed by atoms with E-state index in [1.165, 1.54) is 11.3 Å². The number of hydrogen-bond donors (Lipinski definition) is 2. The molecule has 6 heteroatoms. The number of thiazole rings is 1. The van der Waals surface area contributed by atoms with Gasteiger partial charge in [-0.2, -0.15) is 5.10 Å². The molecule has 2 aromatic heterocycles. The van der Waals surface area contributed by atoms with E-state index in [4.69, 9.17) is 0 Å². The zero-order valence-electron chi connectivity index (χ0n) is 8.86. The number of carbonyl (C=O) groups is 1. The Morgan fingerprint density at radius 3 is 3.19 bits per heavy atom. The van der Waals surface area contributed by atoms with E-state index in [-0.39, 0.29) is 5.91 Å². The minimum absolute atomic E-state index is 0.228. The molecule has 16 heavy (non-hydrogen) atoms. The number of aromatic amines is 1. The van der Waals surface area contributed by atoms with Gasteiger partial charge >= 0.3 is 0 Å². The molecule has 0 bridgehead atoms. The maximum atomic E-state index is 11.7. The van der Waals surface area contributed by atoms with Crippen LogP contribution in [0.25, 0.3) is 0 Å². The van der Waals surface area contributed by atoms with Crippen molar-refractivity contribution in [3.05, 3.63) is 29.0 Å². The topological polar surface area (TPSA) is 70.7 Å². The Hall–Kier alpha value is -1.69. The van der Waals surface area contributed by atoms with E-state index in [1.807, 2.05) is 5.38 Å². The summed E-state index contributed by atoms with van der Waals surface area (Å²) in [5.74, 6) is -0.228. The lowest BCUT2D eigenvalue weighted by Crippen LogP contribution is -2.11. The van der Waals surface area contributed by atoms with Crippen molar-refractivity contribution in [3.8, 4) is 0 Å². The van der Waals surface area contributed by atoms with Gasteiger partial charge in [-0.15, -0.1) is 11.3 Å². The van der Waals surface area contributed by atoms with Crippen molar-refractivity contribution in [3.63, 3.8) is 0 Å². The van der Waals surface area contributed by atoms with E-state index in [0.717, 1.165) is 18.5 Å². The Kier molecular flexibility index (Phi) is 3.31. The Labute approximate surface area is 96.9 Å². The number of aromatic nitrogens is 3. The van der Waals surface area contributed by atoms with Gasteiger partial charge in [0.15, 0.2) is 10.8 Å². The number of nitrogens with zero attached hydrogens (tertiary/aromatic N) is 2. The monoisotopic (exact) mass is 236 g/mol. The molecule has 0 aliphatic heterocycles. The molecule has 0 aromatic carbocycles. The highest BCUT2D eigenvalue weighted by Crippen LogP contribution is 2.12. The lowest BCUT2D eigenvalue weighted by molar-refractivity contribution is 0.102. The van der Waals surface area contributed by atoms with Crippen molar-refractivity contribution < 1.29 is 4.79 Å². The van der Waals surface area contributed by atoms with Crippen LogP contribution in [0.3, 0.4) is 0 Å². The average molecular weight is 236 g/mol. The van der Waals surface area contributed by atoms with Crippen molar-refractivity contribution in [2.45, 2.75) is 19.8 Å². The van der Waals surface area contributed by atoms with Gasteiger partial charge in [0, 0.05) is 17.3 Å². The zero-order chi connectivity index (χ0) is 11.4. The minimum atomic E-state index is -0.228. The van der Waals surface area contributed by atoms with Crippen LogP contribution in [0.1, 0.15) is 29.5 Å². The van der Waals surface area contributed by atoms with Crippen molar-refractivity contribution in [1.29, 1.82) is 0 Å². The highest BCUT2D eigenvalue weighted by molar-refractivity contribution is 7.13. The Balaban J connectivity index is 2.03. The first kappa shape index (κ1) is 10.8. The third kappa shape index (κ3) is 2.46. The summed E-state index contributed by atoms with van der Waals surface area (Å²) in [5, 5.41) is 11.9. The molecule has 0 saturated carbocycles. The summed E-state index contributed by atoms with van der Waals surface area (Å²) in [6.07, 6.45) is 3.57. The quantitative estimate of drug-likeness (QED) is 0.853. The third-order valence-electron chi connectivity index (χ3n) is 2.04. The highest BCUT2D eigenvalue weighted by atomic mass is 32.1. The lowest BCUT2D eigenvalue weighted by atomic mass is 10.2. The summed E-state index contributed by atoms with van der Waals surface area (Å²) in [6, 6.07) is 1.77. The van der Waals surface area contributed by atoms with Crippen LogP contribution in [0.15, 0.2) is 17.6 Å². The maximum Gasteiger partial charge on any atom is 0.277 e. The molecule has 2 rings (SSSR count). The molecule has 2 heterocycles. The number of nitrogens with one attached hydrogen (secondary N) is 2. The predicted molar refractivity (Wildman–Crippen MR) is 62.6 cm³/mol. The number of H-pyrrole nitrogens is 1. The summed E-state index contributed by atoms with van der Waals surface area (Å²) in [4.78, 5) is 15.7. The summed E-state index contributed by atoms with van der Waals surface area (Å²) >= 11 is 1.38. The van der Waals surface area contributed by atoms with Crippen LogP contribution in [0.2, 0.25) is 0 Å². The van der Waals surface area contributed by atoms with E-state index in [0.29, 0.717) is 10.8 Å². The molecule has 5 nitrogen and oxygen atoms in total. The van der Waals surface area contributed by atoms with Crippen LogP contribution < -0.4 is 5.32 Å². The van der Waals surface area contributed by atoms with Gasteiger partial charge < -0.3 is 0 Å². The van der Waals surface area contributed by atoms with Crippen LogP contribution in [0, 0.1) is 0 Å². The van der Waals surface area contributed by atoms with E-state index < -0.39 is 0 Å². The summed E-state index contributed by atoms with van der Waals surface area (Å²) in [5.41, 5.74) is 1.38. The first-order valence-corrected chi connectivity index (χ1v) is 5.92. The fourth-order valence-electron chi connectivity index (χ4n) is 1.32. The van der Waals surface area contributed by atoms with Crippen LogP contribution in [0.5, 0.6) is 0 Å². The Morgan fingerprint density at radius 1 is 1.62 bits per heavy atom. The molecule has 0 spiro atoms. The molecular formula is C10H12N4OS. The largest absolute Gasteiger partial charge is 0.296 e. The molecule has 0 aliphatic carbocycles. The van der Waals surface area contributed by atoms with Gasteiger partial charge in [-0.3, -0.25) is 15.2 Å². The summed E-state index contributed by atoms with van der Waals surface area (Å²) < 4.78 is 0. The molecule has 0 unspecified atom stereocenters. The van der Waals surface area contributed by atoms with Gasteiger partial charge in [-0.1, -0.05) is 13.3 Å². The van der Waals surface area contributed by atoms with Crippen molar-refractivity contribution >= 4 is 22.4 Å². The number of carbonyl (C=O) groups excluding carboxylic acids is 1. The van der Waals surface area contributed by atoms with Gasteiger partial charge in [0.25, 0.3) is 5.91 Å². The number of aryl methyl sites for hydroxylation is 1. The van der Waals surface area contributed by atoms with E-state index in [9.17, 15) is 4.79 Å². The third-order valence-corrected chi connectivity index (χ3v) is 2.72. The number of amides is 1. The Morgan fingerprint density at radius 2 is 2.50 bits per heavy atom. The van der Waals surface area contributed by atoms with E-state index in [1.54, 1.807) is 12.3 Å². The molecule has 84 valence electrons. The van der Waals surface area contributed by atoms with Gasteiger partial charge in [-0.25, -0.2) is 4.98 Å². The van der Waals surface area contributed by atoms with Gasteiger partial charge in [0.1, 0.15) is 0 Å². The molecule has 2 N–H and O–H groups in total. The first-order chi connectivity index (χ1) is 7.79. The number of anilines is 1. The molecule has 2 aromatic rings. The van der Waals surface area contributed by atoms with Crippen LogP contribution in [-0.2, 0) is 6.42 Å². The summed E-state index contributed by atoms with van der Waals surface area (Å²) in [6.45, 7) is 2.08. The standard InChI is InChI=1S/C10H12N4OS/c1-2-3-7-6-8(14-13-7)9(15)12-10-11-4-5-16-10/h4-6H,2-3H2,1H3,(H,13,14)(H,11,12,15). The van der Waals surface area contributed by atoms with Crippen LogP contribution in [0.4, 0.5) is 5.13 Å². The first-order valence-electron chi connectivity index (χ1n) is 5.04. The molecule has 0 radical (unpaired) electrons. The lowest BCUT2D eigenvalue weighted by Gasteiger charge is -1.95. The van der Waals surface area contributed by atoms with Crippen molar-refractivity contribution in [2.24, 2.45) is 0 Å². The Bertz CT molecular complexity index is 463. The number of rotatable bonds is 4. The zero-order valence-corrected chi connectivity index (χ0v) is 9.67. The molecule has 0 atom stereocenters. The van der Waals surface area contributed by atoms with E-state index in [2.05, 4.69) is 27.4 Å². The second-order valence-electron chi connectivity index (χ2n) is 3.32. The molecule has 1 amide bonds. The van der Waals surface area contributed by atoms with Crippen LogP contribution >= 0.6 is 11.3 Å². The molecule has 0 aliphatic rings. The fraction of sp³-hybridized carbons (Fsp3) is 0.300. The SMILES string of the molecule is CCCc1cc(C(=O)Nc2nccs2)n[nH]1. The van der Waals surface area contributed by atoms with E-state index >= 15 is 0 Å². The van der Waals surface area contributed by atoms with Crippen LogP contribution in [-0.4, -0.2) is 21.1 Å². The summed E-state index contributed by atoms with van der Waals surface area (Å²) in [7, 11) is 0. The average Bonchev–Trinajstić information content (AvgIpc) is 2.89. The minimum Gasteiger partial charge on any atom is -0.296 e. The molecule has 0 saturated heterocycles. The van der Waals surface area contributed by atoms with Crippen molar-refractivity contribution in [1.82, 2.24) is 15.2 Å². The molecular weight excluding hydrogens is 224 g/mol. The molecule has 0 fully saturated rings. The number of hydrogen-bond acceptors (Lipinski definition) is 4. The normalized spacial score (nSPS) is 10.3. The smallest absolute Gasteiger partial charge is 0.277 e. The second-order valence-corrected chi connectivity index (χ2v) is 4.21.